The molecule has 2 amide bonds. The van der Waals surface area contributed by atoms with Crippen molar-refractivity contribution in [2.75, 3.05) is 10.6 Å². The van der Waals surface area contributed by atoms with E-state index in [1.807, 2.05) is 30.3 Å². The predicted molar refractivity (Wildman–Crippen MR) is 86.7 cm³/mol. The second-order valence-electron chi connectivity index (χ2n) is 5.61. The lowest BCUT2D eigenvalue weighted by Crippen LogP contribution is -2.15. The van der Waals surface area contributed by atoms with E-state index < -0.39 is 0 Å². The van der Waals surface area contributed by atoms with Crippen molar-refractivity contribution in [1.82, 2.24) is 0 Å². The van der Waals surface area contributed by atoms with Gasteiger partial charge in [0.2, 0.25) is 11.8 Å². The third kappa shape index (κ3) is 3.34. The van der Waals surface area contributed by atoms with Crippen LogP contribution >= 0.6 is 0 Å². The number of anilines is 2. The maximum Gasteiger partial charge on any atom is 0.228 e. The second-order valence-corrected chi connectivity index (χ2v) is 5.61. The molecule has 0 saturated heterocycles. The van der Waals surface area contributed by atoms with Crippen molar-refractivity contribution in [2.45, 2.75) is 19.3 Å². The topological polar surface area (TPSA) is 58.2 Å². The first kappa shape index (κ1) is 14.3. The third-order valence-electron chi connectivity index (χ3n) is 3.81. The molecule has 2 atom stereocenters. The Morgan fingerprint density at radius 1 is 0.955 bits per heavy atom. The molecule has 2 N–H and O–H groups in total. The van der Waals surface area contributed by atoms with Crippen LogP contribution in [-0.2, 0) is 9.59 Å². The van der Waals surface area contributed by atoms with Crippen LogP contribution in [0.3, 0.4) is 0 Å². The lowest BCUT2D eigenvalue weighted by atomic mass is 10.1. The lowest BCUT2D eigenvalue weighted by Gasteiger charge is -2.08. The van der Waals surface area contributed by atoms with Gasteiger partial charge in [-0.05, 0) is 36.1 Å². The van der Waals surface area contributed by atoms with Crippen LogP contribution in [0.25, 0.3) is 0 Å². The minimum absolute atomic E-state index is 0.0341. The van der Waals surface area contributed by atoms with Crippen LogP contribution in [0.5, 0.6) is 0 Å². The molecule has 0 spiro atoms. The van der Waals surface area contributed by atoms with Crippen LogP contribution in [0.1, 0.15) is 24.8 Å². The smallest absolute Gasteiger partial charge is 0.228 e. The summed E-state index contributed by atoms with van der Waals surface area (Å²) in [5.74, 6) is 0.259. The van der Waals surface area contributed by atoms with Gasteiger partial charge in [-0.15, -0.1) is 0 Å². The molecule has 0 unspecified atom stereocenters. The van der Waals surface area contributed by atoms with Gasteiger partial charge in [0.25, 0.3) is 0 Å². The minimum atomic E-state index is -0.130. The molecule has 1 fully saturated rings. The van der Waals surface area contributed by atoms with Crippen molar-refractivity contribution >= 4 is 23.2 Å². The summed E-state index contributed by atoms with van der Waals surface area (Å²) in [4.78, 5) is 23.4. The molecule has 2 aromatic rings. The average Bonchev–Trinajstić information content (AvgIpc) is 3.28. The number of carbonyl (C=O) groups excluding carboxylic acids is 2. The monoisotopic (exact) mass is 294 g/mol. The highest BCUT2D eigenvalue weighted by atomic mass is 16.2. The highest BCUT2D eigenvalue weighted by Gasteiger charge is 2.43. The highest BCUT2D eigenvalue weighted by Crippen LogP contribution is 2.47. The fourth-order valence-electron chi connectivity index (χ4n) is 2.67. The Kier molecular flexibility index (Phi) is 3.92. The molecule has 0 bridgehead atoms. The summed E-state index contributed by atoms with van der Waals surface area (Å²) in [5, 5.41) is 5.63. The van der Waals surface area contributed by atoms with E-state index in [1.54, 1.807) is 12.1 Å². The molecular formula is C18H18N2O2. The van der Waals surface area contributed by atoms with E-state index in [-0.39, 0.29) is 17.7 Å². The third-order valence-corrected chi connectivity index (χ3v) is 3.81. The first-order valence-corrected chi connectivity index (χ1v) is 7.37. The molecule has 3 rings (SSSR count). The molecule has 2 aromatic carbocycles. The number of hydrogen-bond donors (Lipinski definition) is 2. The number of nitrogens with one attached hydrogen (secondary N) is 2. The summed E-state index contributed by atoms with van der Waals surface area (Å²) < 4.78 is 0. The molecule has 1 aliphatic rings. The van der Waals surface area contributed by atoms with Gasteiger partial charge in [0, 0.05) is 24.2 Å². The van der Waals surface area contributed by atoms with E-state index in [0.29, 0.717) is 17.3 Å². The van der Waals surface area contributed by atoms with Gasteiger partial charge in [-0.3, -0.25) is 9.59 Å². The van der Waals surface area contributed by atoms with Gasteiger partial charge in [-0.2, -0.15) is 0 Å². The maximum absolute atomic E-state index is 12.3. The number of carbonyl (C=O) groups is 2. The summed E-state index contributed by atoms with van der Waals surface area (Å²) in [6, 6.07) is 17.3. The number of benzene rings is 2. The largest absolute Gasteiger partial charge is 0.326 e. The first-order valence-electron chi connectivity index (χ1n) is 7.37. The van der Waals surface area contributed by atoms with Gasteiger partial charge >= 0.3 is 0 Å². The minimum Gasteiger partial charge on any atom is -0.326 e. The van der Waals surface area contributed by atoms with Gasteiger partial charge in [0.05, 0.1) is 0 Å². The molecule has 4 heteroatoms. The SMILES string of the molecule is CC(=O)Nc1cccc(NC(=O)[C@@H]2C[C@H]2c2ccccc2)c1. The summed E-state index contributed by atoms with van der Waals surface area (Å²) in [6.45, 7) is 1.46. The molecule has 22 heavy (non-hydrogen) atoms. The quantitative estimate of drug-likeness (QED) is 0.908. The fourth-order valence-corrected chi connectivity index (χ4v) is 2.67. The van der Waals surface area contributed by atoms with Crippen LogP contribution in [0.15, 0.2) is 54.6 Å². The summed E-state index contributed by atoms with van der Waals surface area (Å²) in [7, 11) is 0. The van der Waals surface area contributed by atoms with Crippen molar-refractivity contribution in [2.24, 2.45) is 5.92 Å². The van der Waals surface area contributed by atoms with Gasteiger partial charge in [-0.25, -0.2) is 0 Å². The van der Waals surface area contributed by atoms with Crippen LogP contribution < -0.4 is 10.6 Å². The number of hydrogen-bond acceptors (Lipinski definition) is 2. The molecule has 0 aromatic heterocycles. The summed E-state index contributed by atoms with van der Waals surface area (Å²) in [6.07, 6.45) is 0.890. The summed E-state index contributed by atoms with van der Waals surface area (Å²) >= 11 is 0. The first-order chi connectivity index (χ1) is 10.6. The van der Waals surface area contributed by atoms with Crippen LogP contribution in [0.2, 0.25) is 0 Å². The van der Waals surface area contributed by atoms with E-state index in [1.165, 1.54) is 12.5 Å². The Hall–Kier alpha value is -2.62. The predicted octanol–water partition coefficient (Wildman–Crippen LogP) is 3.39. The zero-order valence-corrected chi connectivity index (χ0v) is 12.4. The highest BCUT2D eigenvalue weighted by molar-refractivity contribution is 5.96. The van der Waals surface area contributed by atoms with Gasteiger partial charge < -0.3 is 10.6 Å². The van der Waals surface area contributed by atoms with E-state index in [0.717, 1.165) is 6.42 Å². The Labute approximate surface area is 129 Å². The zero-order valence-electron chi connectivity index (χ0n) is 12.4. The second kappa shape index (κ2) is 6.02. The Morgan fingerprint density at radius 3 is 2.32 bits per heavy atom. The zero-order chi connectivity index (χ0) is 15.5. The van der Waals surface area contributed by atoms with Gasteiger partial charge in [0.1, 0.15) is 0 Å². The number of rotatable bonds is 4. The molecule has 0 aliphatic heterocycles. The molecule has 0 heterocycles. The maximum atomic E-state index is 12.3. The molecule has 1 saturated carbocycles. The number of amides is 2. The van der Waals surface area contributed by atoms with E-state index >= 15 is 0 Å². The molecule has 112 valence electrons. The molecular weight excluding hydrogens is 276 g/mol. The molecule has 4 nitrogen and oxygen atoms in total. The van der Waals surface area contributed by atoms with E-state index in [4.69, 9.17) is 0 Å². The van der Waals surface area contributed by atoms with Crippen LogP contribution in [0.4, 0.5) is 11.4 Å². The van der Waals surface area contributed by atoms with Crippen molar-refractivity contribution in [3.05, 3.63) is 60.2 Å². The van der Waals surface area contributed by atoms with Crippen molar-refractivity contribution in [3.63, 3.8) is 0 Å². The normalized spacial score (nSPS) is 19.3. The van der Waals surface area contributed by atoms with Gasteiger partial charge in [0.15, 0.2) is 0 Å². The standard InChI is InChI=1S/C18H18N2O2/c1-12(21)19-14-8-5-9-15(10-14)20-18(22)17-11-16(17)13-6-3-2-4-7-13/h2-10,16-17H,11H2,1H3,(H,19,21)(H,20,22)/t16-,17+/m0/s1. The average molecular weight is 294 g/mol. The van der Waals surface area contributed by atoms with Gasteiger partial charge in [-0.1, -0.05) is 36.4 Å². The Balaban J connectivity index is 1.62. The lowest BCUT2D eigenvalue weighted by molar-refractivity contribution is -0.117. The van der Waals surface area contributed by atoms with Crippen LogP contribution in [-0.4, -0.2) is 11.8 Å². The fraction of sp³-hybridized carbons (Fsp3) is 0.222. The Morgan fingerprint density at radius 2 is 1.64 bits per heavy atom. The Bertz CT molecular complexity index is 697. The van der Waals surface area contributed by atoms with Crippen molar-refractivity contribution in [3.8, 4) is 0 Å². The molecule has 0 radical (unpaired) electrons. The van der Waals surface area contributed by atoms with Crippen molar-refractivity contribution < 1.29 is 9.59 Å². The van der Waals surface area contributed by atoms with Crippen molar-refractivity contribution in [1.29, 1.82) is 0 Å². The van der Waals surface area contributed by atoms with E-state index in [9.17, 15) is 9.59 Å². The van der Waals surface area contributed by atoms with E-state index in [2.05, 4.69) is 22.8 Å². The van der Waals surface area contributed by atoms with Crippen LogP contribution in [0, 0.1) is 5.92 Å². The molecule has 1 aliphatic carbocycles. The summed E-state index contributed by atoms with van der Waals surface area (Å²) in [5.41, 5.74) is 2.60.